The zero-order valence-corrected chi connectivity index (χ0v) is 25.8. The van der Waals surface area contributed by atoms with E-state index in [2.05, 4.69) is 15.0 Å². The van der Waals surface area contributed by atoms with Gasteiger partial charge in [-0.25, -0.2) is 10.1 Å². The van der Waals surface area contributed by atoms with E-state index in [4.69, 9.17) is 0 Å². The number of halogens is 6. The molecule has 2 aromatic heterocycles. The van der Waals surface area contributed by atoms with Crippen LogP contribution in [0.5, 0.6) is 0 Å². The highest BCUT2D eigenvalue weighted by atomic mass is 19.4. The number of Topliss-reactive ketones (excluding diaryl/α,β-unsaturated/α-hetero) is 1. The van der Waals surface area contributed by atoms with Gasteiger partial charge in [0.1, 0.15) is 17.4 Å². The molecule has 0 radical (unpaired) electrons. The molecule has 3 atom stereocenters. The van der Waals surface area contributed by atoms with Crippen LogP contribution in [0.3, 0.4) is 0 Å². The minimum Gasteiger partial charge on any atom is -0.369 e. The van der Waals surface area contributed by atoms with E-state index in [0.29, 0.717) is 57.7 Å². The van der Waals surface area contributed by atoms with Crippen molar-refractivity contribution in [3.05, 3.63) is 39.9 Å². The highest BCUT2D eigenvalue weighted by Crippen LogP contribution is 2.41. The van der Waals surface area contributed by atoms with E-state index in [1.165, 1.54) is 23.9 Å². The summed E-state index contributed by atoms with van der Waals surface area (Å²) in [6.45, 7) is 3.72. The van der Waals surface area contributed by atoms with Crippen molar-refractivity contribution in [3.8, 4) is 0 Å². The van der Waals surface area contributed by atoms with Crippen molar-refractivity contribution in [2.45, 2.75) is 69.9 Å². The number of nitrogens with one attached hydrogen (secondary N) is 1. The van der Waals surface area contributed by atoms with Crippen LogP contribution in [0.4, 0.5) is 43.5 Å². The molecule has 5 rings (SSSR count). The molecule has 0 aliphatic carbocycles. The Morgan fingerprint density at radius 1 is 1.02 bits per heavy atom. The molecule has 16 heteroatoms. The first-order valence-corrected chi connectivity index (χ1v) is 15.3. The average Bonchev–Trinajstić information content (AvgIpc) is 2.98. The number of hydrogen-bond acceptors (Lipinski definition) is 8. The molecular formula is C30H37F6N7O3. The van der Waals surface area contributed by atoms with Gasteiger partial charge < -0.3 is 19.6 Å². The molecule has 3 aliphatic rings. The number of hydrogen-bond donors (Lipinski definition) is 1. The molecule has 2 fully saturated rings. The zero-order chi connectivity index (χ0) is 33.6. The normalized spacial score (nSPS) is 22.5. The number of carbonyl (C=O) groups is 2. The van der Waals surface area contributed by atoms with Crippen LogP contribution in [0, 0.1) is 11.8 Å². The monoisotopic (exact) mass is 657 g/mol. The zero-order valence-electron chi connectivity index (χ0n) is 25.8. The van der Waals surface area contributed by atoms with Crippen LogP contribution in [0.2, 0.25) is 0 Å². The third kappa shape index (κ3) is 6.72. The van der Waals surface area contributed by atoms with Crippen molar-refractivity contribution in [3.63, 3.8) is 0 Å². The molecule has 252 valence electrons. The van der Waals surface area contributed by atoms with Gasteiger partial charge in [0.15, 0.2) is 5.82 Å². The van der Waals surface area contributed by atoms with E-state index < -0.39 is 47.0 Å². The first kappa shape index (κ1) is 33.7. The number of aromatic nitrogens is 3. The number of nitrogens with zero attached hydrogens (tertiary/aromatic N) is 6. The number of piperidine rings is 1. The van der Waals surface area contributed by atoms with Crippen LogP contribution >= 0.6 is 0 Å². The quantitative estimate of drug-likeness (QED) is 0.458. The standard InChI is InChI=1S/C30H37F6N7O3/c1-17(40(2)23-15-38-39-27(45)24(23)30(34,35)36)16-42-10-7-18(8-11-42)25(44)19-6-4-5-9-43-22(12-19)28(46)41(3)21-13-20(29(31,32)33)14-37-26(21)43/h13-15,17-19,22H,4-12,16H2,1-3H3,(H,39,45)/t17-,19?,22-/m0/s1. The Bertz CT molecular complexity index is 1510. The molecule has 0 spiro atoms. The Morgan fingerprint density at radius 2 is 1.72 bits per heavy atom. The molecule has 2 aromatic rings. The second kappa shape index (κ2) is 12.8. The number of fused-ring (bicyclic) bond motifs is 3. The number of likely N-dealkylation sites (tertiary alicyclic amines) is 1. The van der Waals surface area contributed by atoms with Crippen molar-refractivity contribution in [1.82, 2.24) is 20.1 Å². The topological polar surface area (TPSA) is 106 Å². The fourth-order valence-electron chi connectivity index (χ4n) is 6.90. The molecule has 2 saturated heterocycles. The highest BCUT2D eigenvalue weighted by molar-refractivity contribution is 6.04. The van der Waals surface area contributed by atoms with E-state index in [1.54, 1.807) is 11.8 Å². The second-order valence-corrected chi connectivity index (χ2v) is 12.5. The van der Waals surface area contributed by atoms with Gasteiger partial charge in [-0.15, -0.1) is 0 Å². The Hall–Kier alpha value is -3.69. The number of amides is 1. The van der Waals surface area contributed by atoms with Gasteiger partial charge in [0.05, 0.1) is 23.1 Å². The third-order valence-electron chi connectivity index (χ3n) is 9.58. The Labute approximate surface area is 261 Å². The van der Waals surface area contributed by atoms with Crippen LogP contribution in [0.25, 0.3) is 0 Å². The van der Waals surface area contributed by atoms with Crippen molar-refractivity contribution in [2.75, 3.05) is 55.0 Å². The lowest BCUT2D eigenvalue weighted by molar-refractivity contribution is -0.138. The Kier molecular flexibility index (Phi) is 9.40. The number of pyridine rings is 1. The predicted molar refractivity (Wildman–Crippen MR) is 158 cm³/mol. The SMILES string of the molecule is C[C@@H](CN1CCC(C(=O)C2CCCCN3c4ncc(C(F)(F)F)cc4N(C)C(=O)[C@@H]3C2)CC1)N(C)c1cn[nH]c(=O)c1C(F)(F)F. The van der Waals surface area contributed by atoms with Gasteiger partial charge >= 0.3 is 12.4 Å². The maximum absolute atomic E-state index is 13.8. The van der Waals surface area contributed by atoms with Gasteiger partial charge in [-0.1, -0.05) is 6.42 Å². The summed E-state index contributed by atoms with van der Waals surface area (Å²) in [6, 6.07) is -0.170. The van der Waals surface area contributed by atoms with Gasteiger partial charge in [0.25, 0.3) is 5.56 Å². The summed E-state index contributed by atoms with van der Waals surface area (Å²) in [5, 5.41) is 5.40. The second-order valence-electron chi connectivity index (χ2n) is 12.5. The molecule has 3 aliphatic heterocycles. The third-order valence-corrected chi connectivity index (χ3v) is 9.58. The van der Waals surface area contributed by atoms with Crippen molar-refractivity contribution < 1.29 is 35.9 Å². The Balaban J connectivity index is 1.22. The summed E-state index contributed by atoms with van der Waals surface area (Å²) in [4.78, 5) is 49.7. The minimum atomic E-state index is -4.85. The predicted octanol–water partition coefficient (Wildman–Crippen LogP) is 4.35. The van der Waals surface area contributed by atoms with Crippen molar-refractivity contribution in [2.24, 2.45) is 11.8 Å². The van der Waals surface area contributed by atoms with Crippen molar-refractivity contribution in [1.29, 1.82) is 0 Å². The fourth-order valence-corrected chi connectivity index (χ4v) is 6.90. The summed E-state index contributed by atoms with van der Waals surface area (Å²) in [5.74, 6) is -0.638. The van der Waals surface area contributed by atoms with Gasteiger partial charge in [-0.05, 0) is 58.2 Å². The highest BCUT2D eigenvalue weighted by Gasteiger charge is 2.44. The van der Waals surface area contributed by atoms with E-state index in [9.17, 15) is 40.7 Å². The molecule has 46 heavy (non-hydrogen) atoms. The van der Waals surface area contributed by atoms with Gasteiger partial charge in [0, 0.05) is 51.3 Å². The fraction of sp³-hybridized carbons (Fsp3) is 0.633. The van der Waals surface area contributed by atoms with Crippen LogP contribution in [-0.2, 0) is 21.9 Å². The smallest absolute Gasteiger partial charge is 0.369 e. The van der Waals surface area contributed by atoms with E-state index in [0.717, 1.165) is 24.9 Å². The van der Waals surface area contributed by atoms with Gasteiger partial charge in [-0.2, -0.15) is 31.4 Å². The van der Waals surface area contributed by atoms with Crippen LogP contribution < -0.4 is 20.3 Å². The maximum atomic E-state index is 13.8. The number of anilines is 3. The van der Waals surface area contributed by atoms with Crippen molar-refractivity contribution >= 4 is 28.9 Å². The maximum Gasteiger partial charge on any atom is 0.423 e. The first-order valence-electron chi connectivity index (χ1n) is 15.3. The number of alkyl halides is 6. The number of aromatic amines is 1. The van der Waals surface area contributed by atoms with E-state index in [1.807, 2.05) is 5.10 Å². The number of likely N-dealkylation sites (N-methyl/N-ethyl adjacent to an activating group) is 2. The van der Waals surface area contributed by atoms with Gasteiger partial charge in [-0.3, -0.25) is 14.4 Å². The molecular weight excluding hydrogens is 620 g/mol. The van der Waals surface area contributed by atoms with Gasteiger partial charge in [0.2, 0.25) is 5.91 Å². The summed E-state index contributed by atoms with van der Waals surface area (Å²) in [5.41, 5.74) is -3.76. The minimum absolute atomic E-state index is 0.0673. The van der Waals surface area contributed by atoms with E-state index in [-0.39, 0.29) is 35.4 Å². The molecule has 0 bridgehead atoms. The lowest BCUT2D eigenvalue weighted by atomic mass is 9.79. The summed E-state index contributed by atoms with van der Waals surface area (Å²) >= 11 is 0. The summed E-state index contributed by atoms with van der Waals surface area (Å²) in [6.07, 6.45) is -4.33. The summed E-state index contributed by atoms with van der Waals surface area (Å²) < 4.78 is 80.8. The number of ketones is 1. The lowest BCUT2D eigenvalue weighted by Crippen LogP contribution is -2.55. The number of carbonyl (C=O) groups excluding carboxylic acids is 2. The first-order chi connectivity index (χ1) is 21.6. The average molecular weight is 658 g/mol. The summed E-state index contributed by atoms with van der Waals surface area (Å²) in [7, 11) is 2.91. The van der Waals surface area contributed by atoms with E-state index >= 15 is 0 Å². The Morgan fingerprint density at radius 3 is 2.37 bits per heavy atom. The van der Waals surface area contributed by atoms with Crippen LogP contribution in [0.15, 0.2) is 23.3 Å². The molecule has 1 amide bonds. The lowest BCUT2D eigenvalue weighted by Gasteiger charge is -2.43. The molecule has 0 saturated carbocycles. The molecule has 1 unspecified atom stereocenters. The largest absolute Gasteiger partial charge is 0.423 e. The number of rotatable bonds is 6. The molecule has 10 nitrogen and oxygen atoms in total. The van der Waals surface area contributed by atoms with Crippen LogP contribution in [-0.4, -0.2) is 84.1 Å². The number of H-pyrrole nitrogens is 1. The molecule has 1 N–H and O–H groups in total. The van der Waals surface area contributed by atoms with Crippen LogP contribution in [0.1, 0.15) is 56.6 Å². The molecule has 0 aromatic carbocycles. The molecule has 5 heterocycles.